The van der Waals surface area contributed by atoms with Crippen molar-refractivity contribution < 1.29 is 17.9 Å². The summed E-state index contributed by atoms with van der Waals surface area (Å²) in [7, 11) is 1.63. The van der Waals surface area contributed by atoms with Gasteiger partial charge in [0.25, 0.3) is 0 Å². The molecular weight excluding hydrogens is 501 g/mol. The van der Waals surface area contributed by atoms with Gasteiger partial charge in [0.05, 0.1) is 40.5 Å². The average molecular weight is 535 g/mol. The Morgan fingerprint density at radius 2 is 1.28 bits per heavy atom. The molecule has 5 nitrogen and oxygen atoms in total. The van der Waals surface area contributed by atoms with E-state index in [0.717, 1.165) is 65.7 Å². The molecule has 0 unspecified atom stereocenters. The van der Waals surface area contributed by atoms with Crippen LogP contribution in [0.4, 0.5) is 13.2 Å². The summed E-state index contributed by atoms with van der Waals surface area (Å²) in [5, 5.41) is 0. The van der Waals surface area contributed by atoms with Crippen LogP contribution >= 0.6 is 0 Å². The Balaban J connectivity index is 1.93. The molecule has 5 rings (SSSR count). The van der Waals surface area contributed by atoms with Crippen LogP contribution in [-0.4, -0.2) is 27.0 Å². The number of hydrogen-bond donors (Lipinski definition) is 2. The van der Waals surface area contributed by atoms with Gasteiger partial charge in [-0.3, -0.25) is 0 Å². The molecular formula is C31H33F3N4O. The molecule has 3 aromatic rings. The van der Waals surface area contributed by atoms with Gasteiger partial charge in [0, 0.05) is 40.4 Å². The lowest BCUT2D eigenvalue weighted by molar-refractivity contribution is -0.136. The summed E-state index contributed by atoms with van der Waals surface area (Å²) in [6.45, 7) is 4.50. The molecule has 0 saturated carbocycles. The number of hydrogen-bond acceptors (Lipinski definition) is 3. The molecule has 8 bridgehead atoms. The Morgan fingerprint density at radius 3 is 1.82 bits per heavy atom. The van der Waals surface area contributed by atoms with Crippen molar-refractivity contribution in [2.75, 3.05) is 7.11 Å². The van der Waals surface area contributed by atoms with Crippen LogP contribution in [0.1, 0.15) is 84.6 Å². The molecule has 0 spiro atoms. The molecule has 2 N–H and O–H groups in total. The van der Waals surface area contributed by atoms with E-state index in [1.807, 2.05) is 36.4 Å². The maximum absolute atomic E-state index is 14.2. The quantitative estimate of drug-likeness (QED) is 0.210. The predicted octanol–water partition coefficient (Wildman–Crippen LogP) is 8.51. The summed E-state index contributed by atoms with van der Waals surface area (Å²) in [4.78, 5) is 16.3. The first kappa shape index (κ1) is 26.9. The molecule has 204 valence electrons. The Hall–Kier alpha value is -3.65. The number of aryl methyl sites for hydroxylation is 2. The minimum absolute atomic E-state index is 0.0224. The van der Waals surface area contributed by atoms with Gasteiger partial charge in [-0.1, -0.05) is 26.7 Å². The van der Waals surface area contributed by atoms with E-state index >= 15 is 0 Å². The zero-order valence-corrected chi connectivity index (χ0v) is 22.5. The second-order valence-corrected chi connectivity index (χ2v) is 9.99. The van der Waals surface area contributed by atoms with Crippen LogP contribution in [0.2, 0.25) is 0 Å². The Bertz CT molecular complexity index is 1590. The lowest BCUT2D eigenvalue weighted by Gasteiger charge is -2.04. The topological polar surface area (TPSA) is 66.6 Å². The van der Waals surface area contributed by atoms with Gasteiger partial charge in [-0.25, -0.2) is 9.97 Å². The van der Waals surface area contributed by atoms with E-state index in [2.05, 4.69) is 23.8 Å². The highest BCUT2D eigenvalue weighted by Gasteiger charge is 2.33. The number of rotatable bonds is 8. The van der Waals surface area contributed by atoms with E-state index in [1.54, 1.807) is 7.11 Å². The van der Waals surface area contributed by atoms with Crippen molar-refractivity contribution in [2.24, 2.45) is 0 Å². The van der Waals surface area contributed by atoms with Crippen molar-refractivity contribution in [3.05, 3.63) is 69.3 Å². The fourth-order valence-corrected chi connectivity index (χ4v) is 5.14. The van der Waals surface area contributed by atoms with Crippen LogP contribution in [0, 0.1) is 0 Å². The van der Waals surface area contributed by atoms with Gasteiger partial charge < -0.3 is 14.7 Å². The number of ether oxygens (including phenoxy) is 1. The Labute approximate surface area is 225 Å². The smallest absolute Gasteiger partial charge is 0.380 e. The Kier molecular flexibility index (Phi) is 7.75. The minimum atomic E-state index is -4.51. The molecule has 8 heteroatoms. The monoisotopic (exact) mass is 534 g/mol. The molecule has 0 aliphatic carbocycles. The maximum atomic E-state index is 14.2. The van der Waals surface area contributed by atoms with Crippen molar-refractivity contribution in [2.45, 2.75) is 65.2 Å². The first-order valence-corrected chi connectivity index (χ1v) is 13.5. The van der Waals surface area contributed by atoms with Gasteiger partial charge in [0.15, 0.2) is 0 Å². The van der Waals surface area contributed by atoms with Crippen LogP contribution in [0.3, 0.4) is 0 Å². The van der Waals surface area contributed by atoms with Crippen LogP contribution in [0.15, 0.2) is 24.3 Å². The van der Waals surface area contributed by atoms with E-state index in [1.165, 1.54) is 12.1 Å². The van der Waals surface area contributed by atoms with Crippen molar-refractivity contribution in [1.82, 2.24) is 19.9 Å². The second-order valence-electron chi connectivity index (χ2n) is 9.99. The molecule has 0 atom stereocenters. The first-order chi connectivity index (χ1) is 18.8. The van der Waals surface area contributed by atoms with E-state index in [4.69, 9.17) is 14.7 Å². The number of nitrogens with zero attached hydrogens (tertiary/aromatic N) is 2. The first-order valence-electron chi connectivity index (χ1n) is 13.5. The summed E-state index contributed by atoms with van der Waals surface area (Å²) in [6.07, 6.45) is 8.38. The third-order valence-electron chi connectivity index (χ3n) is 7.18. The van der Waals surface area contributed by atoms with E-state index in [-0.39, 0.29) is 5.52 Å². The Morgan fingerprint density at radius 1 is 0.718 bits per heavy atom. The minimum Gasteiger partial charge on any atom is -0.380 e. The molecule has 0 amide bonds. The SMILES string of the molecule is CCCCc1c2nc(c(COC)c3nc(c(CCCC)c4cc(C(F)(F)F)c(cc5ccc1[nH]5)[nH]4)C=C3)C=C2. The highest BCUT2D eigenvalue weighted by atomic mass is 19.4. The van der Waals surface area contributed by atoms with Gasteiger partial charge in [-0.2, -0.15) is 13.2 Å². The molecule has 3 aromatic heterocycles. The average Bonchev–Trinajstić information content (AvgIpc) is 3.70. The molecule has 0 fully saturated rings. The summed E-state index contributed by atoms with van der Waals surface area (Å²) in [5.74, 6) is 0. The van der Waals surface area contributed by atoms with Crippen LogP contribution < -0.4 is 0 Å². The van der Waals surface area contributed by atoms with Crippen LogP contribution in [0.25, 0.3) is 46.4 Å². The van der Waals surface area contributed by atoms with Crippen molar-refractivity contribution in [3.63, 3.8) is 0 Å². The van der Waals surface area contributed by atoms with E-state index in [0.29, 0.717) is 35.4 Å². The van der Waals surface area contributed by atoms with Gasteiger partial charge in [-0.15, -0.1) is 0 Å². The molecule has 5 heterocycles. The highest BCUT2D eigenvalue weighted by molar-refractivity contribution is 5.83. The number of fused-ring (bicyclic) bond motifs is 8. The van der Waals surface area contributed by atoms with Gasteiger partial charge >= 0.3 is 6.18 Å². The lowest BCUT2D eigenvalue weighted by Crippen LogP contribution is -2.03. The summed E-state index contributed by atoms with van der Waals surface area (Å²) in [5.41, 5.74) is 6.83. The number of alkyl halides is 3. The third-order valence-corrected chi connectivity index (χ3v) is 7.18. The number of halogens is 3. The number of aromatic nitrogens is 4. The van der Waals surface area contributed by atoms with Crippen LogP contribution in [0.5, 0.6) is 0 Å². The zero-order chi connectivity index (χ0) is 27.6. The molecule has 0 radical (unpaired) electrons. The van der Waals surface area contributed by atoms with E-state index in [9.17, 15) is 13.2 Å². The summed E-state index contributed by atoms with van der Waals surface area (Å²) < 4.78 is 48.1. The highest BCUT2D eigenvalue weighted by Crippen LogP contribution is 2.35. The zero-order valence-electron chi connectivity index (χ0n) is 22.5. The second kappa shape index (κ2) is 11.2. The largest absolute Gasteiger partial charge is 0.418 e. The van der Waals surface area contributed by atoms with Gasteiger partial charge in [-0.05, 0) is 74.3 Å². The number of methoxy groups -OCH3 is 1. The number of nitrogens with one attached hydrogen (secondary N) is 2. The standard InChI is InChI=1S/C31H33F3N4O/c1-4-6-8-20-24-11-10-19(35-24)16-30-23(31(32,33)34)17-29(38-30)21(9-7-5-2)26-13-15-28(37-26)22(18-39-3)27-14-12-25(20)36-27/h10-17,35,38H,4-9,18H2,1-3H3. The van der Waals surface area contributed by atoms with Crippen molar-refractivity contribution >= 4 is 46.4 Å². The molecule has 2 aliphatic rings. The molecule has 39 heavy (non-hydrogen) atoms. The summed E-state index contributed by atoms with van der Waals surface area (Å²) >= 11 is 0. The fourth-order valence-electron chi connectivity index (χ4n) is 5.14. The molecule has 2 aliphatic heterocycles. The maximum Gasteiger partial charge on any atom is 0.418 e. The summed E-state index contributed by atoms with van der Waals surface area (Å²) in [6, 6.07) is 6.49. The van der Waals surface area contributed by atoms with Crippen LogP contribution in [-0.2, 0) is 30.4 Å². The fraction of sp³-hybridized carbons (Fsp3) is 0.355. The van der Waals surface area contributed by atoms with Gasteiger partial charge in [0.2, 0.25) is 0 Å². The van der Waals surface area contributed by atoms with E-state index < -0.39 is 11.7 Å². The molecule has 0 saturated heterocycles. The normalized spacial score (nSPS) is 13.0. The van der Waals surface area contributed by atoms with Crippen molar-refractivity contribution in [1.29, 1.82) is 0 Å². The third kappa shape index (κ3) is 5.57. The number of H-pyrrole nitrogens is 2. The molecule has 0 aromatic carbocycles. The number of unbranched alkanes of at least 4 members (excludes halogenated alkanes) is 2. The lowest BCUT2D eigenvalue weighted by atomic mass is 10.1. The predicted molar refractivity (Wildman–Crippen MR) is 152 cm³/mol. The van der Waals surface area contributed by atoms with Crippen molar-refractivity contribution in [3.8, 4) is 0 Å². The van der Waals surface area contributed by atoms with Gasteiger partial charge in [0.1, 0.15) is 0 Å². The number of aromatic amines is 2.